The first-order valence-corrected chi connectivity index (χ1v) is 8.12. The maximum atomic E-state index is 6.01. The third kappa shape index (κ3) is 2.53. The smallest absolute Gasteiger partial charge is 0.131 e. The normalized spacial score (nSPS) is 27.0. The quantitative estimate of drug-likeness (QED) is 0.834. The van der Waals surface area contributed by atoms with Crippen molar-refractivity contribution in [1.29, 1.82) is 0 Å². The molecule has 2 aliphatic rings. The van der Waals surface area contributed by atoms with Gasteiger partial charge < -0.3 is 5.32 Å². The molecule has 0 amide bonds. The molecule has 1 saturated carbocycles. The summed E-state index contributed by atoms with van der Waals surface area (Å²) in [5.74, 6) is 1.45. The molecule has 1 aromatic heterocycles. The van der Waals surface area contributed by atoms with E-state index >= 15 is 0 Å². The molecule has 1 heterocycles. The van der Waals surface area contributed by atoms with E-state index < -0.39 is 0 Å². The fraction of sp³-hybridized carbons (Fsp3) is 0.389. The summed E-state index contributed by atoms with van der Waals surface area (Å²) in [5, 5.41) is 4.29. The van der Waals surface area contributed by atoms with E-state index in [2.05, 4.69) is 34.6 Å². The fourth-order valence-corrected chi connectivity index (χ4v) is 4.25. The van der Waals surface area contributed by atoms with Gasteiger partial charge in [-0.3, -0.25) is 0 Å². The zero-order chi connectivity index (χ0) is 14.2. The third-order valence-corrected chi connectivity index (χ3v) is 5.27. The van der Waals surface area contributed by atoms with Crippen molar-refractivity contribution >= 4 is 17.3 Å². The van der Waals surface area contributed by atoms with Gasteiger partial charge in [0.2, 0.25) is 0 Å². The van der Waals surface area contributed by atoms with E-state index in [-0.39, 0.29) is 0 Å². The lowest BCUT2D eigenvalue weighted by atomic mass is 9.94. The zero-order valence-corrected chi connectivity index (χ0v) is 12.7. The first-order chi connectivity index (χ1) is 10.3. The fourth-order valence-electron chi connectivity index (χ4n) is 4.07. The Morgan fingerprint density at radius 1 is 1.00 bits per heavy atom. The summed E-state index contributed by atoms with van der Waals surface area (Å²) in [5.41, 5.74) is 4.19. The van der Waals surface area contributed by atoms with E-state index in [0.29, 0.717) is 11.2 Å². The van der Waals surface area contributed by atoms with Crippen molar-refractivity contribution in [2.75, 3.05) is 5.32 Å². The second-order valence-electron chi connectivity index (χ2n) is 6.31. The number of anilines is 1. The van der Waals surface area contributed by atoms with Crippen molar-refractivity contribution in [3.8, 4) is 0 Å². The van der Waals surface area contributed by atoms with E-state index in [1.165, 1.54) is 25.7 Å². The van der Waals surface area contributed by atoms with Gasteiger partial charge in [0.25, 0.3) is 0 Å². The van der Waals surface area contributed by atoms with Gasteiger partial charge >= 0.3 is 0 Å². The van der Waals surface area contributed by atoms with Gasteiger partial charge in [-0.2, -0.15) is 0 Å². The molecule has 0 saturated heterocycles. The molecule has 2 unspecified atom stereocenters. The Kier molecular flexibility index (Phi) is 3.34. The Hall–Kier alpha value is -1.54. The van der Waals surface area contributed by atoms with Gasteiger partial charge in [0, 0.05) is 17.9 Å². The van der Waals surface area contributed by atoms with Crippen LogP contribution in [0.5, 0.6) is 0 Å². The molecular formula is C18H19ClN2. The molecule has 0 aliphatic heterocycles. The van der Waals surface area contributed by atoms with E-state index in [1.807, 2.05) is 12.1 Å². The first kappa shape index (κ1) is 13.1. The van der Waals surface area contributed by atoms with Crippen molar-refractivity contribution in [3.05, 3.63) is 58.9 Å². The zero-order valence-electron chi connectivity index (χ0n) is 11.9. The van der Waals surface area contributed by atoms with Crippen molar-refractivity contribution in [3.63, 3.8) is 0 Å². The van der Waals surface area contributed by atoms with Crippen molar-refractivity contribution in [2.24, 2.45) is 11.8 Å². The van der Waals surface area contributed by atoms with Crippen LogP contribution in [0.15, 0.2) is 42.6 Å². The molecule has 2 atom stereocenters. The number of benzene rings is 1. The molecule has 1 aromatic carbocycles. The Balaban J connectivity index is 1.60. The lowest BCUT2D eigenvalue weighted by molar-refractivity contribution is 0.450. The van der Waals surface area contributed by atoms with Gasteiger partial charge in [0.05, 0.1) is 0 Å². The van der Waals surface area contributed by atoms with Gasteiger partial charge in [-0.25, -0.2) is 4.98 Å². The summed E-state index contributed by atoms with van der Waals surface area (Å²) in [7, 11) is 0. The molecule has 0 spiro atoms. The highest BCUT2D eigenvalue weighted by Crippen LogP contribution is 2.41. The third-order valence-electron chi connectivity index (χ3n) is 5.07. The summed E-state index contributed by atoms with van der Waals surface area (Å²) < 4.78 is 0. The molecule has 108 valence electrons. The van der Waals surface area contributed by atoms with Crippen LogP contribution < -0.4 is 5.32 Å². The minimum absolute atomic E-state index is 0.552. The van der Waals surface area contributed by atoms with Gasteiger partial charge in [-0.1, -0.05) is 35.9 Å². The molecule has 0 radical (unpaired) electrons. The number of hydrogen-bond acceptors (Lipinski definition) is 2. The minimum atomic E-state index is 0.552. The molecule has 3 heteroatoms. The topological polar surface area (TPSA) is 24.9 Å². The SMILES string of the molecule is Clc1cc(NC2C3CCC2Cc2ccccc2C3)ccn1. The Labute approximate surface area is 130 Å². The summed E-state index contributed by atoms with van der Waals surface area (Å²) >= 11 is 6.01. The van der Waals surface area contributed by atoms with Gasteiger partial charge in [0.15, 0.2) is 0 Å². The predicted molar refractivity (Wildman–Crippen MR) is 86.7 cm³/mol. The maximum absolute atomic E-state index is 6.01. The number of hydrogen-bond donors (Lipinski definition) is 1. The summed E-state index contributed by atoms with van der Waals surface area (Å²) in [6, 6.07) is 13.4. The van der Waals surface area contributed by atoms with Crippen LogP contribution in [0, 0.1) is 11.8 Å². The van der Waals surface area contributed by atoms with Gasteiger partial charge in [-0.05, 0) is 60.8 Å². The molecule has 2 bridgehead atoms. The first-order valence-electron chi connectivity index (χ1n) is 7.74. The van der Waals surface area contributed by atoms with Crippen LogP contribution in [0.2, 0.25) is 5.15 Å². The molecular weight excluding hydrogens is 280 g/mol. The lowest BCUT2D eigenvalue weighted by Gasteiger charge is -2.25. The van der Waals surface area contributed by atoms with Crippen molar-refractivity contribution in [2.45, 2.75) is 31.7 Å². The second-order valence-corrected chi connectivity index (χ2v) is 6.70. The monoisotopic (exact) mass is 298 g/mol. The standard InChI is InChI=1S/C18H19ClN2/c19-17-11-16(7-8-20-17)21-18-14-5-6-15(18)10-13-4-2-1-3-12(13)9-14/h1-4,7-8,11,14-15,18H,5-6,9-10H2,(H,20,21). The Morgan fingerprint density at radius 2 is 1.67 bits per heavy atom. The van der Waals surface area contributed by atoms with Gasteiger partial charge in [0.1, 0.15) is 5.15 Å². The molecule has 4 rings (SSSR count). The van der Waals surface area contributed by atoms with Crippen LogP contribution in [0.1, 0.15) is 24.0 Å². The van der Waals surface area contributed by atoms with Crippen LogP contribution >= 0.6 is 11.6 Å². The number of fused-ring (bicyclic) bond motifs is 3. The van der Waals surface area contributed by atoms with Crippen LogP contribution in [-0.4, -0.2) is 11.0 Å². The number of nitrogens with zero attached hydrogens (tertiary/aromatic N) is 1. The van der Waals surface area contributed by atoms with E-state index in [9.17, 15) is 0 Å². The molecule has 2 aliphatic carbocycles. The second kappa shape index (κ2) is 5.34. The number of aromatic nitrogens is 1. The number of nitrogens with one attached hydrogen (secondary N) is 1. The van der Waals surface area contributed by atoms with E-state index in [0.717, 1.165) is 17.5 Å². The lowest BCUT2D eigenvalue weighted by Crippen LogP contribution is -2.30. The van der Waals surface area contributed by atoms with Crippen LogP contribution in [0.3, 0.4) is 0 Å². The Morgan fingerprint density at radius 3 is 2.29 bits per heavy atom. The van der Waals surface area contributed by atoms with Crippen LogP contribution in [0.25, 0.3) is 0 Å². The highest BCUT2D eigenvalue weighted by molar-refractivity contribution is 6.29. The summed E-state index contributed by atoms with van der Waals surface area (Å²) in [4.78, 5) is 4.06. The molecule has 2 aromatic rings. The van der Waals surface area contributed by atoms with Crippen molar-refractivity contribution < 1.29 is 0 Å². The number of rotatable bonds is 2. The van der Waals surface area contributed by atoms with Crippen LogP contribution in [0.4, 0.5) is 5.69 Å². The summed E-state index contributed by atoms with van der Waals surface area (Å²) in [6.45, 7) is 0. The van der Waals surface area contributed by atoms with Crippen LogP contribution in [-0.2, 0) is 12.8 Å². The average molecular weight is 299 g/mol. The molecule has 1 N–H and O–H groups in total. The predicted octanol–water partition coefficient (Wildman–Crippen LogP) is 4.34. The summed E-state index contributed by atoms with van der Waals surface area (Å²) in [6.07, 6.45) is 6.83. The van der Waals surface area contributed by atoms with Gasteiger partial charge in [-0.15, -0.1) is 0 Å². The highest BCUT2D eigenvalue weighted by Gasteiger charge is 2.38. The number of pyridine rings is 1. The maximum Gasteiger partial charge on any atom is 0.131 e. The minimum Gasteiger partial charge on any atom is -0.382 e. The Bertz CT molecular complexity index is 622. The molecule has 1 fully saturated rings. The highest BCUT2D eigenvalue weighted by atomic mass is 35.5. The molecule has 21 heavy (non-hydrogen) atoms. The number of halogens is 1. The van der Waals surface area contributed by atoms with Crippen molar-refractivity contribution in [1.82, 2.24) is 4.98 Å². The molecule has 2 nitrogen and oxygen atoms in total. The van der Waals surface area contributed by atoms with E-state index in [4.69, 9.17) is 11.6 Å². The largest absolute Gasteiger partial charge is 0.382 e. The average Bonchev–Trinajstić information content (AvgIpc) is 2.75. The van der Waals surface area contributed by atoms with E-state index in [1.54, 1.807) is 17.3 Å².